The van der Waals surface area contributed by atoms with Gasteiger partial charge in [-0.05, 0) is 41.5 Å². The third-order valence-corrected chi connectivity index (χ3v) is 6.60. The summed E-state index contributed by atoms with van der Waals surface area (Å²) >= 11 is 0. The molecule has 0 aromatic heterocycles. The highest BCUT2D eigenvalue weighted by Crippen LogP contribution is 2.46. The van der Waals surface area contributed by atoms with E-state index < -0.39 is 23.4 Å². The van der Waals surface area contributed by atoms with E-state index in [2.05, 4.69) is 34.9 Å². The second-order valence-electron chi connectivity index (χ2n) is 8.61. The summed E-state index contributed by atoms with van der Waals surface area (Å²) in [5, 5.41) is 14.6. The van der Waals surface area contributed by atoms with E-state index in [1.165, 1.54) is 0 Å². The molecule has 0 heterocycles. The molecule has 2 amide bonds. The van der Waals surface area contributed by atoms with Crippen LogP contribution in [0.3, 0.4) is 0 Å². The molecule has 0 spiro atoms. The van der Waals surface area contributed by atoms with Crippen LogP contribution in [-0.2, 0) is 14.3 Å². The largest absolute Gasteiger partial charge is 0.481 e. The molecule has 168 valence electrons. The van der Waals surface area contributed by atoms with Gasteiger partial charge in [0.15, 0.2) is 0 Å². The second kappa shape index (κ2) is 9.02. The Morgan fingerprint density at radius 3 is 2.16 bits per heavy atom. The summed E-state index contributed by atoms with van der Waals surface area (Å²) in [4.78, 5) is 36.0. The number of fused-ring (bicyclic) bond motifs is 3. The maximum Gasteiger partial charge on any atom is 0.407 e. The van der Waals surface area contributed by atoms with Crippen molar-refractivity contribution >= 4 is 18.0 Å². The predicted molar refractivity (Wildman–Crippen MR) is 119 cm³/mol. The SMILES string of the molecule is CCC(CNC(=O)C1(CNC(=O)OCC2c3ccccc3-c3ccccc32)CC1)C(=O)O. The highest BCUT2D eigenvalue weighted by atomic mass is 16.5. The smallest absolute Gasteiger partial charge is 0.407 e. The fourth-order valence-electron chi connectivity index (χ4n) is 4.34. The summed E-state index contributed by atoms with van der Waals surface area (Å²) in [6.07, 6.45) is 1.21. The number of ether oxygens (including phenoxy) is 1. The van der Waals surface area contributed by atoms with E-state index in [9.17, 15) is 14.4 Å². The number of carboxylic acids is 1. The lowest BCUT2D eigenvalue weighted by Crippen LogP contribution is -2.43. The molecule has 1 unspecified atom stereocenters. The fourth-order valence-corrected chi connectivity index (χ4v) is 4.34. The molecule has 4 rings (SSSR count). The Bertz CT molecular complexity index is 985. The standard InChI is InChI=1S/C25H28N2O5/c1-2-16(22(28)29)13-26-23(30)25(11-12-25)15-27-24(31)32-14-21-19-9-5-3-7-17(19)18-8-4-6-10-20(18)21/h3-10,16,21H,2,11-15H2,1H3,(H,26,30)(H,27,31)(H,28,29). The van der Waals surface area contributed by atoms with E-state index in [1.54, 1.807) is 6.92 Å². The summed E-state index contributed by atoms with van der Waals surface area (Å²) in [6.45, 7) is 2.27. The van der Waals surface area contributed by atoms with Gasteiger partial charge in [-0.25, -0.2) is 4.79 Å². The van der Waals surface area contributed by atoms with Crippen LogP contribution in [0.5, 0.6) is 0 Å². The Balaban J connectivity index is 1.30. The van der Waals surface area contributed by atoms with Gasteiger partial charge in [0.2, 0.25) is 5.91 Å². The zero-order chi connectivity index (χ0) is 22.7. The van der Waals surface area contributed by atoms with E-state index in [-0.39, 0.29) is 31.5 Å². The van der Waals surface area contributed by atoms with Crippen LogP contribution in [0.15, 0.2) is 48.5 Å². The van der Waals surface area contributed by atoms with Gasteiger partial charge in [0.1, 0.15) is 6.61 Å². The van der Waals surface area contributed by atoms with E-state index in [0.29, 0.717) is 19.3 Å². The van der Waals surface area contributed by atoms with Crippen LogP contribution >= 0.6 is 0 Å². The lowest BCUT2D eigenvalue weighted by atomic mass is 9.98. The van der Waals surface area contributed by atoms with Gasteiger partial charge in [0.05, 0.1) is 11.3 Å². The zero-order valence-corrected chi connectivity index (χ0v) is 18.1. The highest BCUT2D eigenvalue weighted by molar-refractivity contribution is 5.86. The van der Waals surface area contributed by atoms with Gasteiger partial charge in [-0.15, -0.1) is 0 Å². The molecule has 0 aliphatic heterocycles. The molecule has 3 N–H and O–H groups in total. The molecule has 2 aliphatic carbocycles. The van der Waals surface area contributed by atoms with Crippen molar-refractivity contribution in [3.63, 3.8) is 0 Å². The maximum atomic E-state index is 12.5. The molecule has 32 heavy (non-hydrogen) atoms. The third-order valence-electron chi connectivity index (χ3n) is 6.60. The molecule has 1 fully saturated rings. The number of amides is 2. The number of benzene rings is 2. The lowest BCUT2D eigenvalue weighted by molar-refractivity contribution is -0.141. The first-order valence-corrected chi connectivity index (χ1v) is 11.0. The van der Waals surface area contributed by atoms with Crippen LogP contribution in [0.2, 0.25) is 0 Å². The summed E-state index contributed by atoms with van der Waals surface area (Å²) in [5.41, 5.74) is 3.95. The molecule has 2 aliphatic rings. The molecule has 2 aromatic carbocycles. The first kappa shape index (κ1) is 21.9. The van der Waals surface area contributed by atoms with Crippen LogP contribution in [-0.4, -0.2) is 42.8 Å². The first-order chi connectivity index (χ1) is 15.4. The van der Waals surface area contributed by atoms with Crippen molar-refractivity contribution in [2.75, 3.05) is 19.7 Å². The molecule has 0 saturated heterocycles. The minimum absolute atomic E-state index is 0.0201. The zero-order valence-electron chi connectivity index (χ0n) is 18.1. The minimum Gasteiger partial charge on any atom is -0.481 e. The highest BCUT2D eigenvalue weighted by Gasteiger charge is 2.50. The van der Waals surface area contributed by atoms with Gasteiger partial charge in [-0.3, -0.25) is 9.59 Å². The van der Waals surface area contributed by atoms with Gasteiger partial charge >= 0.3 is 12.1 Å². The average molecular weight is 437 g/mol. The molecular formula is C25H28N2O5. The van der Waals surface area contributed by atoms with Gasteiger partial charge in [-0.2, -0.15) is 0 Å². The van der Waals surface area contributed by atoms with E-state index in [4.69, 9.17) is 9.84 Å². The van der Waals surface area contributed by atoms with Crippen molar-refractivity contribution in [1.29, 1.82) is 0 Å². The van der Waals surface area contributed by atoms with Crippen molar-refractivity contribution in [1.82, 2.24) is 10.6 Å². The molecule has 2 aromatic rings. The first-order valence-electron chi connectivity index (χ1n) is 11.0. The molecule has 0 radical (unpaired) electrons. The number of carbonyl (C=O) groups excluding carboxylic acids is 2. The Hall–Kier alpha value is -3.35. The Kier molecular flexibility index (Phi) is 6.17. The number of alkyl carbamates (subject to hydrolysis) is 1. The van der Waals surface area contributed by atoms with Gasteiger partial charge in [-0.1, -0.05) is 55.5 Å². The summed E-state index contributed by atoms with van der Waals surface area (Å²) in [6, 6.07) is 16.3. The third kappa shape index (κ3) is 4.33. The van der Waals surface area contributed by atoms with Crippen LogP contribution in [0.25, 0.3) is 11.1 Å². The van der Waals surface area contributed by atoms with Crippen molar-refractivity contribution in [3.05, 3.63) is 59.7 Å². The quantitative estimate of drug-likeness (QED) is 0.558. The summed E-state index contributed by atoms with van der Waals surface area (Å²) in [5.74, 6) is -1.76. The maximum absolute atomic E-state index is 12.5. The van der Waals surface area contributed by atoms with Gasteiger partial charge in [0.25, 0.3) is 0 Å². The second-order valence-corrected chi connectivity index (χ2v) is 8.61. The predicted octanol–water partition coefficient (Wildman–Crippen LogP) is 3.53. The summed E-state index contributed by atoms with van der Waals surface area (Å²) < 4.78 is 5.53. The Morgan fingerprint density at radius 2 is 1.62 bits per heavy atom. The van der Waals surface area contributed by atoms with Crippen molar-refractivity contribution in [2.24, 2.45) is 11.3 Å². The molecular weight excluding hydrogens is 408 g/mol. The number of hydrogen-bond acceptors (Lipinski definition) is 4. The number of nitrogens with one attached hydrogen (secondary N) is 2. The van der Waals surface area contributed by atoms with Gasteiger partial charge in [0, 0.05) is 19.0 Å². The van der Waals surface area contributed by atoms with Crippen LogP contribution in [0.1, 0.15) is 43.2 Å². The Labute approximate surface area is 187 Å². The Morgan fingerprint density at radius 1 is 1.03 bits per heavy atom. The monoisotopic (exact) mass is 436 g/mol. The number of rotatable bonds is 9. The van der Waals surface area contributed by atoms with Crippen molar-refractivity contribution < 1.29 is 24.2 Å². The minimum atomic E-state index is -0.922. The lowest BCUT2D eigenvalue weighted by Gasteiger charge is -2.19. The molecule has 7 nitrogen and oxygen atoms in total. The van der Waals surface area contributed by atoms with E-state index >= 15 is 0 Å². The van der Waals surface area contributed by atoms with E-state index in [1.807, 2.05) is 24.3 Å². The van der Waals surface area contributed by atoms with Crippen LogP contribution < -0.4 is 10.6 Å². The van der Waals surface area contributed by atoms with Crippen LogP contribution in [0.4, 0.5) is 4.79 Å². The number of carbonyl (C=O) groups is 3. The van der Waals surface area contributed by atoms with Crippen molar-refractivity contribution in [2.45, 2.75) is 32.1 Å². The topological polar surface area (TPSA) is 105 Å². The molecule has 1 saturated carbocycles. The summed E-state index contributed by atoms with van der Waals surface area (Å²) in [7, 11) is 0. The number of carboxylic acid groups (broad SMARTS) is 1. The fraction of sp³-hybridized carbons (Fsp3) is 0.400. The van der Waals surface area contributed by atoms with Crippen molar-refractivity contribution in [3.8, 4) is 11.1 Å². The number of aliphatic carboxylic acids is 1. The molecule has 1 atom stereocenters. The number of hydrogen-bond donors (Lipinski definition) is 3. The van der Waals surface area contributed by atoms with Gasteiger partial charge < -0.3 is 20.5 Å². The van der Waals surface area contributed by atoms with Crippen LogP contribution in [0, 0.1) is 11.3 Å². The molecule has 7 heteroatoms. The normalized spacial score (nSPS) is 16.4. The average Bonchev–Trinajstić information content (AvgIpc) is 3.53. The van der Waals surface area contributed by atoms with E-state index in [0.717, 1.165) is 22.3 Å². The molecule has 0 bridgehead atoms.